The third-order valence-electron chi connectivity index (χ3n) is 2.23. The van der Waals surface area contributed by atoms with Gasteiger partial charge in [-0.25, -0.2) is 24.0 Å². The number of nitrogen functional groups attached to an aromatic ring is 1. The molecule has 0 fully saturated rings. The largest absolute Gasteiger partial charge is 0.338 e. The molecule has 0 aliphatic heterocycles. The Morgan fingerprint density at radius 2 is 2.25 bits per heavy atom. The molecule has 0 unspecified atom stereocenters. The first-order valence-electron chi connectivity index (χ1n) is 5.33. The van der Waals surface area contributed by atoms with Crippen LogP contribution in [0.4, 0.5) is 5.82 Å². The average Bonchev–Trinajstić information content (AvgIpc) is 2.82. The Morgan fingerprint density at radius 3 is 2.85 bits per heavy atom. The Bertz CT molecular complexity index is 716. The number of nitrogens with zero attached hydrogens (tertiary/aromatic N) is 3. The first-order chi connectivity index (χ1) is 9.42. The zero-order valence-electron chi connectivity index (χ0n) is 10.3. The molecule has 0 aliphatic rings. The summed E-state index contributed by atoms with van der Waals surface area (Å²) < 4.78 is 32.0. The van der Waals surface area contributed by atoms with Gasteiger partial charge in [-0.3, -0.25) is 0 Å². The predicted molar refractivity (Wildman–Crippen MR) is 72.8 cm³/mol. The number of hydrogen-bond acceptors (Lipinski definition) is 8. The zero-order chi connectivity index (χ0) is 14.8. The highest BCUT2D eigenvalue weighted by Gasteiger charge is 2.20. The van der Waals surface area contributed by atoms with Crippen molar-refractivity contribution in [1.29, 1.82) is 0 Å². The summed E-state index contributed by atoms with van der Waals surface area (Å²) in [5, 5.41) is 3.56. The first-order valence-corrected chi connectivity index (χ1v) is 7.61. The zero-order valence-corrected chi connectivity index (χ0v) is 12.7. The van der Waals surface area contributed by atoms with Crippen LogP contribution < -0.4 is 16.0 Å². The Morgan fingerprint density at radius 1 is 1.50 bits per heavy atom. The van der Waals surface area contributed by atoms with Crippen LogP contribution in [0.2, 0.25) is 0 Å². The highest BCUT2D eigenvalue weighted by Crippen LogP contribution is 2.22. The molecule has 2 aromatic rings. The lowest BCUT2D eigenvalue weighted by Gasteiger charge is -2.09. The molecule has 0 aliphatic carbocycles. The summed E-state index contributed by atoms with van der Waals surface area (Å²) in [5.41, 5.74) is 2.23. The van der Waals surface area contributed by atoms with E-state index in [9.17, 15) is 8.42 Å². The van der Waals surface area contributed by atoms with E-state index in [1.165, 1.54) is 12.3 Å². The van der Waals surface area contributed by atoms with Crippen LogP contribution in [0.5, 0.6) is 0 Å². The van der Waals surface area contributed by atoms with Gasteiger partial charge in [0, 0.05) is 10.7 Å². The van der Waals surface area contributed by atoms with Gasteiger partial charge in [0.25, 0.3) is 0 Å². The fourth-order valence-electron chi connectivity index (χ4n) is 1.38. The molecule has 2 heterocycles. The Balaban J connectivity index is 2.24. The molecular formula is C9H11BrN6O3S. The smallest absolute Gasteiger partial charge is 0.244 e. The van der Waals surface area contributed by atoms with Crippen molar-refractivity contribution in [1.82, 2.24) is 19.8 Å². The van der Waals surface area contributed by atoms with E-state index in [2.05, 4.69) is 41.2 Å². The van der Waals surface area contributed by atoms with Gasteiger partial charge in [-0.15, -0.1) is 0 Å². The standard InChI is InChI=1S/C9H11BrN6O3S/c1-5-14-8(19-16-5)4-13-20(17,18)7-2-6(10)3-12-9(7)15-11/h2-3,13H,4,11H2,1H3,(H,12,15). The van der Waals surface area contributed by atoms with Crippen molar-refractivity contribution in [3.05, 3.63) is 28.5 Å². The lowest BCUT2D eigenvalue weighted by Crippen LogP contribution is -2.25. The summed E-state index contributed by atoms with van der Waals surface area (Å²) in [6.07, 6.45) is 1.43. The third-order valence-corrected chi connectivity index (χ3v) is 4.08. The van der Waals surface area contributed by atoms with Crippen LogP contribution in [0.3, 0.4) is 0 Å². The van der Waals surface area contributed by atoms with Crippen LogP contribution >= 0.6 is 15.9 Å². The van der Waals surface area contributed by atoms with Gasteiger partial charge in [-0.2, -0.15) is 4.98 Å². The lowest BCUT2D eigenvalue weighted by molar-refractivity contribution is 0.372. The number of sulfonamides is 1. The van der Waals surface area contributed by atoms with Gasteiger partial charge >= 0.3 is 0 Å². The fraction of sp³-hybridized carbons (Fsp3) is 0.222. The van der Waals surface area contributed by atoms with E-state index in [1.54, 1.807) is 6.92 Å². The summed E-state index contributed by atoms with van der Waals surface area (Å²) in [6.45, 7) is 1.51. The highest BCUT2D eigenvalue weighted by molar-refractivity contribution is 9.10. The second kappa shape index (κ2) is 5.83. The van der Waals surface area contributed by atoms with E-state index in [-0.39, 0.29) is 23.1 Å². The van der Waals surface area contributed by atoms with Gasteiger partial charge in [0.15, 0.2) is 11.6 Å². The van der Waals surface area contributed by atoms with Crippen molar-refractivity contribution in [2.24, 2.45) is 5.84 Å². The maximum atomic E-state index is 12.2. The molecule has 9 nitrogen and oxygen atoms in total. The summed E-state index contributed by atoms with van der Waals surface area (Å²) in [7, 11) is -3.83. The Hall–Kier alpha value is -1.56. The van der Waals surface area contributed by atoms with Crippen molar-refractivity contribution in [2.45, 2.75) is 18.4 Å². The van der Waals surface area contributed by atoms with Crippen molar-refractivity contribution < 1.29 is 12.9 Å². The Kier molecular flexibility index (Phi) is 4.32. The normalized spacial score (nSPS) is 11.6. The van der Waals surface area contributed by atoms with Crippen LogP contribution in [-0.4, -0.2) is 23.5 Å². The van der Waals surface area contributed by atoms with Gasteiger partial charge in [0.05, 0.1) is 6.54 Å². The SMILES string of the molecule is Cc1noc(CNS(=O)(=O)c2cc(Br)cnc2NN)n1. The molecular weight excluding hydrogens is 352 g/mol. The molecule has 0 spiro atoms. The molecule has 4 N–H and O–H groups in total. The molecule has 0 saturated carbocycles. The number of nitrogens with one attached hydrogen (secondary N) is 2. The molecule has 0 atom stereocenters. The quantitative estimate of drug-likeness (QED) is 0.510. The minimum atomic E-state index is -3.83. The summed E-state index contributed by atoms with van der Waals surface area (Å²) >= 11 is 3.15. The van der Waals surface area contributed by atoms with Gasteiger partial charge in [0.2, 0.25) is 15.9 Å². The van der Waals surface area contributed by atoms with E-state index < -0.39 is 10.0 Å². The molecule has 0 radical (unpaired) electrons. The second-order valence-electron chi connectivity index (χ2n) is 3.70. The Labute approximate surface area is 123 Å². The van der Waals surface area contributed by atoms with Crippen LogP contribution in [0.1, 0.15) is 11.7 Å². The van der Waals surface area contributed by atoms with Crippen LogP contribution in [0.25, 0.3) is 0 Å². The summed E-state index contributed by atoms with van der Waals surface area (Å²) in [5.74, 6) is 5.86. The molecule has 0 saturated heterocycles. The first kappa shape index (κ1) is 14.8. The highest BCUT2D eigenvalue weighted by atomic mass is 79.9. The second-order valence-corrected chi connectivity index (χ2v) is 6.36. The number of rotatable bonds is 5. The predicted octanol–water partition coefficient (Wildman–Crippen LogP) is 0.300. The van der Waals surface area contributed by atoms with E-state index in [0.717, 1.165) is 0 Å². The van der Waals surface area contributed by atoms with E-state index in [0.29, 0.717) is 10.3 Å². The van der Waals surface area contributed by atoms with Crippen molar-refractivity contribution in [2.75, 3.05) is 5.43 Å². The molecule has 2 rings (SSSR count). The monoisotopic (exact) mass is 362 g/mol. The molecule has 0 bridgehead atoms. The van der Waals surface area contributed by atoms with E-state index in [4.69, 9.17) is 10.4 Å². The lowest BCUT2D eigenvalue weighted by atomic mass is 10.5. The van der Waals surface area contributed by atoms with Crippen molar-refractivity contribution in [3.8, 4) is 0 Å². The van der Waals surface area contributed by atoms with Crippen LogP contribution in [0, 0.1) is 6.92 Å². The van der Waals surface area contributed by atoms with Gasteiger partial charge in [0.1, 0.15) is 4.90 Å². The molecule has 2 aromatic heterocycles. The number of anilines is 1. The van der Waals surface area contributed by atoms with E-state index >= 15 is 0 Å². The molecule has 11 heteroatoms. The van der Waals surface area contributed by atoms with E-state index in [1.807, 2.05) is 0 Å². The minimum Gasteiger partial charge on any atom is -0.338 e. The maximum absolute atomic E-state index is 12.2. The van der Waals surface area contributed by atoms with Crippen LogP contribution in [0.15, 0.2) is 26.2 Å². The molecule has 20 heavy (non-hydrogen) atoms. The molecule has 0 aromatic carbocycles. The van der Waals surface area contributed by atoms with Crippen molar-refractivity contribution in [3.63, 3.8) is 0 Å². The maximum Gasteiger partial charge on any atom is 0.244 e. The number of hydrazine groups is 1. The number of halogens is 1. The number of pyridine rings is 1. The third kappa shape index (κ3) is 3.30. The van der Waals surface area contributed by atoms with Gasteiger partial charge in [-0.05, 0) is 28.9 Å². The number of nitrogens with two attached hydrogens (primary N) is 1. The number of aromatic nitrogens is 3. The van der Waals surface area contributed by atoms with Gasteiger partial charge < -0.3 is 9.95 Å². The fourth-order valence-corrected chi connectivity index (χ4v) is 2.98. The van der Waals surface area contributed by atoms with Crippen molar-refractivity contribution >= 4 is 31.8 Å². The summed E-state index contributed by atoms with van der Waals surface area (Å²) in [6, 6.07) is 1.38. The van der Waals surface area contributed by atoms with Gasteiger partial charge in [-0.1, -0.05) is 5.16 Å². The molecule has 108 valence electrons. The number of hydrogen-bond donors (Lipinski definition) is 3. The number of aryl methyl sites for hydroxylation is 1. The average molecular weight is 363 g/mol. The summed E-state index contributed by atoms with van der Waals surface area (Å²) in [4.78, 5) is 7.67. The van der Waals surface area contributed by atoms with Crippen LogP contribution in [-0.2, 0) is 16.6 Å². The molecule has 0 amide bonds. The topological polar surface area (TPSA) is 136 Å². The minimum absolute atomic E-state index is 0.0300.